The van der Waals surface area contributed by atoms with Gasteiger partial charge in [-0.1, -0.05) is 0 Å². The fraction of sp³-hybridized carbons (Fsp3) is 0.625. The SMILES string of the molecule is O=C1NCCCCC1n1cncn1. The van der Waals surface area contributed by atoms with Crippen molar-refractivity contribution in [3.63, 3.8) is 0 Å². The van der Waals surface area contributed by atoms with Gasteiger partial charge in [-0.2, -0.15) is 5.10 Å². The molecule has 5 nitrogen and oxygen atoms in total. The van der Waals surface area contributed by atoms with Crippen LogP contribution < -0.4 is 5.32 Å². The van der Waals surface area contributed by atoms with Crippen molar-refractivity contribution >= 4 is 5.91 Å². The Kier molecular flexibility index (Phi) is 2.25. The Bertz CT molecular complexity index is 282. The summed E-state index contributed by atoms with van der Waals surface area (Å²) in [7, 11) is 0. The molecule has 1 atom stereocenters. The van der Waals surface area contributed by atoms with Gasteiger partial charge in [-0.15, -0.1) is 0 Å². The van der Waals surface area contributed by atoms with Gasteiger partial charge in [0.05, 0.1) is 0 Å². The van der Waals surface area contributed by atoms with Crippen LogP contribution in [0.2, 0.25) is 0 Å². The molecule has 13 heavy (non-hydrogen) atoms. The maximum absolute atomic E-state index is 11.5. The van der Waals surface area contributed by atoms with Crippen molar-refractivity contribution in [3.8, 4) is 0 Å². The number of aromatic nitrogens is 3. The van der Waals surface area contributed by atoms with E-state index in [0.717, 1.165) is 25.8 Å². The van der Waals surface area contributed by atoms with E-state index in [9.17, 15) is 4.79 Å². The van der Waals surface area contributed by atoms with Gasteiger partial charge in [0.15, 0.2) is 0 Å². The topological polar surface area (TPSA) is 59.8 Å². The average molecular weight is 180 g/mol. The summed E-state index contributed by atoms with van der Waals surface area (Å²) in [6, 6.07) is -0.162. The summed E-state index contributed by atoms with van der Waals surface area (Å²) in [5.74, 6) is 0.0583. The molecule has 0 spiro atoms. The van der Waals surface area contributed by atoms with Gasteiger partial charge >= 0.3 is 0 Å². The van der Waals surface area contributed by atoms with Crippen molar-refractivity contribution < 1.29 is 4.79 Å². The Morgan fingerprint density at radius 2 is 2.46 bits per heavy atom. The van der Waals surface area contributed by atoms with Gasteiger partial charge in [0, 0.05) is 6.54 Å². The van der Waals surface area contributed by atoms with Crippen molar-refractivity contribution in [2.75, 3.05) is 6.54 Å². The van der Waals surface area contributed by atoms with E-state index < -0.39 is 0 Å². The smallest absolute Gasteiger partial charge is 0.244 e. The molecule has 0 bridgehead atoms. The van der Waals surface area contributed by atoms with Gasteiger partial charge in [-0.3, -0.25) is 4.79 Å². The van der Waals surface area contributed by atoms with Crippen LogP contribution in [-0.2, 0) is 4.79 Å². The Balaban J connectivity index is 2.16. The third-order valence-electron chi connectivity index (χ3n) is 2.26. The molecule has 2 heterocycles. The molecule has 0 saturated carbocycles. The summed E-state index contributed by atoms with van der Waals surface area (Å²) in [5.41, 5.74) is 0. The van der Waals surface area contributed by atoms with E-state index in [1.165, 1.54) is 6.33 Å². The zero-order chi connectivity index (χ0) is 9.10. The summed E-state index contributed by atoms with van der Waals surface area (Å²) in [6.45, 7) is 0.782. The fourth-order valence-electron chi connectivity index (χ4n) is 1.55. The largest absolute Gasteiger partial charge is 0.354 e. The zero-order valence-corrected chi connectivity index (χ0v) is 7.31. The molecule has 1 unspecified atom stereocenters. The number of hydrogen-bond donors (Lipinski definition) is 1. The first kappa shape index (κ1) is 8.22. The standard InChI is InChI=1S/C8H12N4O/c13-8-7(3-1-2-4-10-8)12-6-9-5-11-12/h5-7H,1-4H2,(H,10,13). The van der Waals surface area contributed by atoms with E-state index in [4.69, 9.17) is 0 Å². The second-order valence-corrected chi connectivity index (χ2v) is 3.18. The van der Waals surface area contributed by atoms with Crippen LogP contribution in [0, 0.1) is 0 Å². The number of nitrogens with one attached hydrogen (secondary N) is 1. The van der Waals surface area contributed by atoms with Gasteiger partial charge < -0.3 is 5.32 Å². The van der Waals surface area contributed by atoms with E-state index >= 15 is 0 Å². The second-order valence-electron chi connectivity index (χ2n) is 3.18. The summed E-state index contributed by atoms with van der Waals surface area (Å²) < 4.78 is 1.63. The molecular formula is C8H12N4O. The molecule has 1 amide bonds. The summed E-state index contributed by atoms with van der Waals surface area (Å²) in [6.07, 6.45) is 6.02. The summed E-state index contributed by atoms with van der Waals surface area (Å²) >= 11 is 0. The lowest BCUT2D eigenvalue weighted by Crippen LogP contribution is -2.31. The molecule has 1 aromatic heterocycles. The lowest BCUT2D eigenvalue weighted by Gasteiger charge is -2.11. The van der Waals surface area contributed by atoms with E-state index in [1.807, 2.05) is 0 Å². The molecule has 1 aliphatic rings. The highest BCUT2D eigenvalue weighted by Crippen LogP contribution is 2.16. The van der Waals surface area contributed by atoms with Crippen molar-refractivity contribution in [3.05, 3.63) is 12.7 Å². The Morgan fingerprint density at radius 1 is 1.54 bits per heavy atom. The first-order valence-electron chi connectivity index (χ1n) is 4.50. The van der Waals surface area contributed by atoms with Crippen LogP contribution in [0.15, 0.2) is 12.7 Å². The lowest BCUT2D eigenvalue weighted by atomic mass is 10.1. The van der Waals surface area contributed by atoms with Crippen LogP contribution in [0.1, 0.15) is 25.3 Å². The molecule has 70 valence electrons. The molecule has 2 rings (SSSR count). The fourth-order valence-corrected chi connectivity index (χ4v) is 1.55. The molecule has 1 aliphatic heterocycles. The number of carbonyl (C=O) groups is 1. The lowest BCUT2D eigenvalue weighted by molar-refractivity contribution is -0.124. The Labute approximate surface area is 76.2 Å². The van der Waals surface area contributed by atoms with Gasteiger partial charge in [-0.05, 0) is 19.3 Å². The van der Waals surface area contributed by atoms with Crippen LogP contribution >= 0.6 is 0 Å². The van der Waals surface area contributed by atoms with Crippen molar-refractivity contribution in [2.45, 2.75) is 25.3 Å². The van der Waals surface area contributed by atoms with E-state index in [1.54, 1.807) is 11.0 Å². The normalized spacial score (nSPS) is 23.7. The molecule has 1 saturated heterocycles. The van der Waals surface area contributed by atoms with Crippen LogP contribution in [0.5, 0.6) is 0 Å². The molecule has 1 fully saturated rings. The van der Waals surface area contributed by atoms with Crippen LogP contribution in [0.25, 0.3) is 0 Å². The zero-order valence-electron chi connectivity index (χ0n) is 7.31. The number of nitrogens with zero attached hydrogens (tertiary/aromatic N) is 3. The summed E-state index contributed by atoms with van der Waals surface area (Å²) in [5, 5.41) is 6.83. The van der Waals surface area contributed by atoms with Gasteiger partial charge in [0.1, 0.15) is 18.7 Å². The number of carbonyl (C=O) groups excluding carboxylic acids is 1. The monoisotopic (exact) mass is 180 g/mol. The summed E-state index contributed by atoms with van der Waals surface area (Å²) in [4.78, 5) is 15.3. The van der Waals surface area contributed by atoms with Gasteiger partial charge in [-0.25, -0.2) is 9.67 Å². The van der Waals surface area contributed by atoms with Crippen molar-refractivity contribution in [2.24, 2.45) is 0 Å². The average Bonchev–Trinajstić information content (AvgIpc) is 2.56. The van der Waals surface area contributed by atoms with Crippen LogP contribution in [0.4, 0.5) is 0 Å². The number of hydrogen-bond acceptors (Lipinski definition) is 3. The maximum Gasteiger partial charge on any atom is 0.244 e. The predicted octanol–water partition coefficient (Wildman–Crippen LogP) is 0.119. The van der Waals surface area contributed by atoms with Crippen molar-refractivity contribution in [1.82, 2.24) is 20.1 Å². The second kappa shape index (κ2) is 3.55. The quantitative estimate of drug-likeness (QED) is 0.667. The van der Waals surface area contributed by atoms with Crippen LogP contribution in [0.3, 0.4) is 0 Å². The molecule has 0 aromatic carbocycles. The molecule has 5 heteroatoms. The minimum Gasteiger partial charge on any atom is -0.354 e. The number of rotatable bonds is 1. The highest BCUT2D eigenvalue weighted by molar-refractivity contribution is 5.80. The third-order valence-corrected chi connectivity index (χ3v) is 2.26. The maximum atomic E-state index is 11.5. The van der Waals surface area contributed by atoms with Crippen LogP contribution in [-0.4, -0.2) is 27.2 Å². The molecule has 1 N–H and O–H groups in total. The van der Waals surface area contributed by atoms with Gasteiger partial charge in [0.2, 0.25) is 5.91 Å². The first-order chi connectivity index (χ1) is 6.38. The highest BCUT2D eigenvalue weighted by atomic mass is 16.2. The molecule has 0 aliphatic carbocycles. The van der Waals surface area contributed by atoms with E-state index in [2.05, 4.69) is 15.4 Å². The third kappa shape index (κ3) is 1.68. The minimum atomic E-state index is -0.162. The minimum absolute atomic E-state index is 0.0583. The molecule has 1 aromatic rings. The molecule has 0 radical (unpaired) electrons. The Hall–Kier alpha value is -1.39. The van der Waals surface area contributed by atoms with E-state index in [-0.39, 0.29) is 11.9 Å². The highest BCUT2D eigenvalue weighted by Gasteiger charge is 2.22. The van der Waals surface area contributed by atoms with Gasteiger partial charge in [0.25, 0.3) is 0 Å². The van der Waals surface area contributed by atoms with E-state index in [0.29, 0.717) is 0 Å². The first-order valence-corrected chi connectivity index (χ1v) is 4.50. The predicted molar refractivity (Wildman–Crippen MR) is 45.9 cm³/mol. The van der Waals surface area contributed by atoms with Crippen molar-refractivity contribution in [1.29, 1.82) is 0 Å². The Morgan fingerprint density at radius 3 is 3.23 bits per heavy atom. The number of amides is 1. The molecular weight excluding hydrogens is 168 g/mol.